The van der Waals surface area contributed by atoms with Crippen LogP contribution >= 0.6 is 0 Å². The number of rotatable bonds is 5. The van der Waals surface area contributed by atoms with Gasteiger partial charge in [-0.2, -0.15) is 0 Å². The van der Waals surface area contributed by atoms with Gasteiger partial charge in [-0.3, -0.25) is 9.69 Å². The number of hydrogen-bond donors (Lipinski definition) is 1. The Balaban J connectivity index is 2.58. The lowest BCUT2D eigenvalue weighted by Gasteiger charge is -2.42. The summed E-state index contributed by atoms with van der Waals surface area (Å²) in [6, 6.07) is 0. The molecule has 18 heavy (non-hydrogen) atoms. The predicted molar refractivity (Wildman–Crippen MR) is 70.4 cm³/mol. The molecule has 5 heteroatoms. The monoisotopic (exact) mass is 258 g/mol. The zero-order chi connectivity index (χ0) is 13.8. The molecule has 1 unspecified atom stereocenters. The Morgan fingerprint density at radius 1 is 1.44 bits per heavy atom. The molecule has 0 aromatic heterocycles. The van der Waals surface area contributed by atoms with E-state index in [1.54, 1.807) is 0 Å². The van der Waals surface area contributed by atoms with E-state index in [2.05, 4.69) is 4.90 Å². The number of nitrogens with zero attached hydrogens (tertiary/aromatic N) is 2. The van der Waals surface area contributed by atoms with E-state index in [1.165, 1.54) is 0 Å². The van der Waals surface area contributed by atoms with Crippen LogP contribution in [0.1, 0.15) is 27.7 Å². The molecule has 1 rings (SSSR count). The second kappa shape index (κ2) is 6.50. The van der Waals surface area contributed by atoms with Gasteiger partial charge in [0.2, 0.25) is 5.91 Å². The molecule has 106 valence electrons. The third-order valence-electron chi connectivity index (χ3n) is 3.23. The summed E-state index contributed by atoms with van der Waals surface area (Å²) in [6.07, 6.45) is -0.196. The Bertz CT molecular complexity index is 277. The van der Waals surface area contributed by atoms with E-state index >= 15 is 0 Å². The van der Waals surface area contributed by atoms with Gasteiger partial charge in [0.05, 0.1) is 24.9 Å². The molecule has 0 aliphatic carbocycles. The number of carbonyl (C=O) groups is 1. The van der Waals surface area contributed by atoms with Crippen LogP contribution in [0.4, 0.5) is 0 Å². The van der Waals surface area contributed by atoms with Gasteiger partial charge in [-0.05, 0) is 27.7 Å². The van der Waals surface area contributed by atoms with Crippen molar-refractivity contribution in [1.29, 1.82) is 0 Å². The molecular formula is C13H26N2O3. The van der Waals surface area contributed by atoms with Crippen LogP contribution in [0, 0.1) is 0 Å². The first kappa shape index (κ1) is 15.4. The fourth-order valence-electron chi connectivity index (χ4n) is 2.50. The number of morpholine rings is 1. The highest BCUT2D eigenvalue weighted by atomic mass is 16.5. The third kappa shape index (κ3) is 4.23. The number of hydrogen-bond acceptors (Lipinski definition) is 4. The molecule has 0 bridgehead atoms. The molecule has 1 heterocycles. The van der Waals surface area contributed by atoms with Gasteiger partial charge < -0.3 is 14.7 Å². The first-order valence-electron chi connectivity index (χ1n) is 6.70. The van der Waals surface area contributed by atoms with E-state index in [1.807, 2.05) is 32.6 Å². The van der Waals surface area contributed by atoms with Gasteiger partial charge in [0, 0.05) is 26.2 Å². The maximum absolute atomic E-state index is 12.1. The summed E-state index contributed by atoms with van der Waals surface area (Å²) in [4.78, 5) is 16.0. The first-order valence-corrected chi connectivity index (χ1v) is 6.70. The number of likely N-dealkylation sites (N-methyl/N-ethyl adjacent to an activating group) is 1. The normalized spacial score (nSPS) is 23.9. The Hall–Kier alpha value is -0.650. The van der Waals surface area contributed by atoms with Gasteiger partial charge in [-0.1, -0.05) is 0 Å². The van der Waals surface area contributed by atoms with Crippen LogP contribution in [-0.4, -0.2) is 71.8 Å². The van der Waals surface area contributed by atoms with Crippen molar-refractivity contribution in [3.63, 3.8) is 0 Å². The van der Waals surface area contributed by atoms with Crippen LogP contribution in [0.15, 0.2) is 0 Å². The number of aliphatic hydroxyl groups excluding tert-OH is 1. The summed E-state index contributed by atoms with van der Waals surface area (Å²) in [6.45, 7) is 11.2. The third-order valence-corrected chi connectivity index (χ3v) is 3.23. The van der Waals surface area contributed by atoms with Crippen molar-refractivity contribution in [3.05, 3.63) is 0 Å². The van der Waals surface area contributed by atoms with Crippen molar-refractivity contribution < 1.29 is 14.6 Å². The van der Waals surface area contributed by atoms with Crippen LogP contribution in [0.25, 0.3) is 0 Å². The van der Waals surface area contributed by atoms with E-state index in [0.29, 0.717) is 13.1 Å². The van der Waals surface area contributed by atoms with Crippen molar-refractivity contribution >= 4 is 5.91 Å². The van der Waals surface area contributed by atoms with Gasteiger partial charge in [0.15, 0.2) is 0 Å². The summed E-state index contributed by atoms with van der Waals surface area (Å²) in [5.74, 6) is 0.148. The van der Waals surface area contributed by atoms with Gasteiger partial charge in [0.25, 0.3) is 0 Å². The molecule has 0 spiro atoms. The molecule has 0 radical (unpaired) electrons. The second-order valence-corrected chi connectivity index (χ2v) is 5.42. The zero-order valence-corrected chi connectivity index (χ0v) is 12.0. The van der Waals surface area contributed by atoms with Crippen molar-refractivity contribution in [2.45, 2.75) is 39.4 Å². The summed E-state index contributed by atoms with van der Waals surface area (Å²) >= 11 is 0. The van der Waals surface area contributed by atoms with Crippen LogP contribution in [0.3, 0.4) is 0 Å². The van der Waals surface area contributed by atoms with Crippen LogP contribution in [0.5, 0.6) is 0 Å². The minimum absolute atomic E-state index is 0.000605. The van der Waals surface area contributed by atoms with Crippen LogP contribution < -0.4 is 0 Å². The molecule has 1 aliphatic rings. The van der Waals surface area contributed by atoms with E-state index in [-0.39, 0.29) is 24.2 Å². The molecule has 0 saturated carbocycles. The Labute approximate surface area is 110 Å². The molecule has 1 fully saturated rings. The van der Waals surface area contributed by atoms with Gasteiger partial charge in [0.1, 0.15) is 0 Å². The molecule has 1 amide bonds. The second-order valence-electron chi connectivity index (χ2n) is 5.42. The van der Waals surface area contributed by atoms with E-state index in [0.717, 1.165) is 19.6 Å². The fourth-order valence-corrected chi connectivity index (χ4v) is 2.50. The van der Waals surface area contributed by atoms with Gasteiger partial charge in [-0.15, -0.1) is 0 Å². The van der Waals surface area contributed by atoms with Crippen molar-refractivity contribution in [2.75, 3.05) is 39.3 Å². The molecule has 0 aromatic carbocycles. The Morgan fingerprint density at radius 2 is 2.06 bits per heavy atom. The molecule has 1 aliphatic heterocycles. The minimum Gasteiger partial charge on any atom is -0.394 e. The summed E-state index contributed by atoms with van der Waals surface area (Å²) in [5.41, 5.74) is -0.310. The van der Waals surface area contributed by atoms with Crippen molar-refractivity contribution in [2.24, 2.45) is 0 Å². The quantitative estimate of drug-likeness (QED) is 0.772. The number of ether oxygens (including phenoxy) is 1. The SMILES string of the molecule is CCN(CC)C(=O)CN1CC(CO)OC(C)(C)C1. The van der Waals surface area contributed by atoms with Crippen LogP contribution in [0.2, 0.25) is 0 Å². The average molecular weight is 258 g/mol. The Kier molecular flexibility index (Phi) is 5.56. The standard InChI is InChI=1S/C13H26N2O3/c1-5-15(6-2)12(17)8-14-7-11(9-16)18-13(3,4)10-14/h11,16H,5-10H2,1-4H3. The number of carbonyl (C=O) groups excluding carboxylic acids is 1. The lowest BCUT2D eigenvalue weighted by atomic mass is 10.1. The lowest BCUT2D eigenvalue weighted by molar-refractivity contribution is -0.156. The number of amides is 1. The smallest absolute Gasteiger partial charge is 0.236 e. The highest BCUT2D eigenvalue weighted by Gasteiger charge is 2.34. The molecule has 5 nitrogen and oxygen atoms in total. The largest absolute Gasteiger partial charge is 0.394 e. The van der Waals surface area contributed by atoms with Crippen molar-refractivity contribution in [1.82, 2.24) is 9.80 Å². The van der Waals surface area contributed by atoms with Crippen LogP contribution in [-0.2, 0) is 9.53 Å². The molecule has 1 N–H and O–H groups in total. The molecule has 0 aromatic rings. The molecule has 1 atom stereocenters. The minimum atomic E-state index is -0.310. The molecular weight excluding hydrogens is 232 g/mol. The van der Waals surface area contributed by atoms with Gasteiger partial charge >= 0.3 is 0 Å². The Morgan fingerprint density at radius 3 is 2.56 bits per heavy atom. The predicted octanol–water partition coefficient (Wildman–Crippen LogP) is 0.327. The zero-order valence-electron chi connectivity index (χ0n) is 12.0. The fraction of sp³-hybridized carbons (Fsp3) is 0.923. The molecule has 1 saturated heterocycles. The highest BCUT2D eigenvalue weighted by Crippen LogP contribution is 2.20. The maximum atomic E-state index is 12.1. The summed E-state index contributed by atoms with van der Waals surface area (Å²) in [5, 5.41) is 9.23. The maximum Gasteiger partial charge on any atom is 0.236 e. The average Bonchev–Trinajstić information content (AvgIpc) is 2.28. The van der Waals surface area contributed by atoms with Gasteiger partial charge in [-0.25, -0.2) is 0 Å². The first-order chi connectivity index (χ1) is 8.41. The van der Waals surface area contributed by atoms with Crippen molar-refractivity contribution in [3.8, 4) is 0 Å². The van der Waals surface area contributed by atoms with E-state index in [4.69, 9.17) is 4.74 Å². The lowest BCUT2D eigenvalue weighted by Crippen LogP contribution is -2.56. The topological polar surface area (TPSA) is 53.0 Å². The highest BCUT2D eigenvalue weighted by molar-refractivity contribution is 5.78. The summed E-state index contributed by atoms with van der Waals surface area (Å²) in [7, 11) is 0. The van der Waals surface area contributed by atoms with E-state index < -0.39 is 0 Å². The number of aliphatic hydroxyl groups is 1. The summed E-state index contributed by atoms with van der Waals surface area (Å²) < 4.78 is 5.73. The van der Waals surface area contributed by atoms with E-state index in [9.17, 15) is 9.90 Å².